The monoisotopic (exact) mass is 536 g/mol. The van der Waals surface area contributed by atoms with Crippen LogP contribution < -0.4 is 24.3 Å². The number of anilines is 1. The number of aromatic nitrogens is 1. The van der Waals surface area contributed by atoms with Crippen molar-refractivity contribution in [2.24, 2.45) is 0 Å². The second-order valence-electron chi connectivity index (χ2n) is 7.76. The Morgan fingerprint density at radius 3 is 2.35 bits per heavy atom. The highest BCUT2D eigenvalue weighted by Gasteiger charge is 2.11. The quantitative estimate of drug-likeness (QED) is 0.227. The molecule has 1 heterocycles. The van der Waals surface area contributed by atoms with E-state index >= 15 is 0 Å². The zero-order chi connectivity index (χ0) is 26.2. The summed E-state index contributed by atoms with van der Waals surface area (Å²) in [5.41, 5.74) is 3.36. The van der Waals surface area contributed by atoms with Crippen molar-refractivity contribution in [3.8, 4) is 34.3 Å². The number of nitrogens with zero attached hydrogens (tertiary/aromatic N) is 1. The predicted molar refractivity (Wildman–Crippen MR) is 147 cm³/mol. The number of thiazole rings is 1. The van der Waals surface area contributed by atoms with Gasteiger partial charge in [0.2, 0.25) is 5.91 Å². The number of amides is 1. The molecule has 0 unspecified atom stereocenters. The first kappa shape index (κ1) is 26.1. The first-order chi connectivity index (χ1) is 18.0. The summed E-state index contributed by atoms with van der Waals surface area (Å²) in [7, 11) is 4.74. The fourth-order valence-corrected chi connectivity index (χ4v) is 4.28. The van der Waals surface area contributed by atoms with E-state index in [2.05, 4.69) is 10.3 Å². The van der Waals surface area contributed by atoms with Crippen molar-refractivity contribution in [1.82, 2.24) is 4.98 Å². The summed E-state index contributed by atoms with van der Waals surface area (Å²) in [6.07, 6.45) is 3.14. The van der Waals surface area contributed by atoms with Gasteiger partial charge in [0.05, 0.1) is 27.0 Å². The summed E-state index contributed by atoms with van der Waals surface area (Å²) in [6, 6.07) is 18.5. The molecule has 0 radical (unpaired) electrons. The van der Waals surface area contributed by atoms with Crippen LogP contribution in [0.15, 0.2) is 72.1 Å². The van der Waals surface area contributed by atoms with Gasteiger partial charge in [-0.15, -0.1) is 11.3 Å². The Hall–Kier alpha value is -4.01. The molecule has 4 aromatic rings. The van der Waals surface area contributed by atoms with Gasteiger partial charge in [0.15, 0.2) is 28.1 Å². The van der Waals surface area contributed by atoms with Gasteiger partial charge in [-0.2, -0.15) is 0 Å². The number of hydrogen-bond acceptors (Lipinski definition) is 7. The van der Waals surface area contributed by atoms with E-state index in [0.29, 0.717) is 39.8 Å². The van der Waals surface area contributed by atoms with Crippen LogP contribution in [-0.4, -0.2) is 32.2 Å². The average molecular weight is 537 g/mol. The van der Waals surface area contributed by atoms with E-state index in [1.165, 1.54) is 17.4 Å². The smallest absolute Gasteiger partial charge is 0.250 e. The Labute approximate surface area is 224 Å². The lowest BCUT2D eigenvalue weighted by Gasteiger charge is -2.11. The SMILES string of the molecule is COc1ccc(-c2csc(NC(=O)/C=C/c3ccc(OCc4ccc(Cl)cc4)c(OC)c3)n2)cc1OC. The molecule has 0 spiro atoms. The van der Waals surface area contributed by atoms with Crippen molar-refractivity contribution in [2.45, 2.75) is 6.61 Å². The van der Waals surface area contributed by atoms with E-state index < -0.39 is 0 Å². The van der Waals surface area contributed by atoms with Crippen molar-refractivity contribution in [1.29, 1.82) is 0 Å². The molecule has 0 saturated carbocycles. The maximum absolute atomic E-state index is 12.5. The molecule has 4 rings (SSSR count). The van der Waals surface area contributed by atoms with Crippen LogP contribution in [0, 0.1) is 0 Å². The second kappa shape index (κ2) is 12.3. The Bertz CT molecular complexity index is 1400. The van der Waals surface area contributed by atoms with Gasteiger partial charge in [0.1, 0.15) is 6.61 Å². The van der Waals surface area contributed by atoms with Crippen LogP contribution in [0.4, 0.5) is 5.13 Å². The molecular formula is C28H25ClN2O5S. The first-order valence-corrected chi connectivity index (χ1v) is 12.5. The highest BCUT2D eigenvalue weighted by Crippen LogP contribution is 2.33. The van der Waals surface area contributed by atoms with Crippen LogP contribution >= 0.6 is 22.9 Å². The van der Waals surface area contributed by atoms with Crippen molar-refractivity contribution < 1.29 is 23.7 Å². The van der Waals surface area contributed by atoms with E-state index in [-0.39, 0.29) is 5.91 Å². The number of carbonyl (C=O) groups is 1. The van der Waals surface area contributed by atoms with Gasteiger partial charge in [-0.3, -0.25) is 10.1 Å². The van der Waals surface area contributed by atoms with Crippen molar-refractivity contribution in [3.63, 3.8) is 0 Å². The summed E-state index contributed by atoms with van der Waals surface area (Å²) < 4.78 is 22.0. The maximum atomic E-state index is 12.5. The highest BCUT2D eigenvalue weighted by molar-refractivity contribution is 7.14. The van der Waals surface area contributed by atoms with Gasteiger partial charge in [0.25, 0.3) is 0 Å². The minimum Gasteiger partial charge on any atom is -0.493 e. The number of methoxy groups -OCH3 is 3. The summed E-state index contributed by atoms with van der Waals surface area (Å²) >= 11 is 7.27. The van der Waals surface area contributed by atoms with E-state index in [1.807, 2.05) is 60.0 Å². The topological polar surface area (TPSA) is 78.9 Å². The van der Waals surface area contributed by atoms with Gasteiger partial charge >= 0.3 is 0 Å². The predicted octanol–water partition coefficient (Wildman–Crippen LogP) is 6.72. The molecule has 37 heavy (non-hydrogen) atoms. The molecular weight excluding hydrogens is 512 g/mol. The molecule has 7 nitrogen and oxygen atoms in total. The average Bonchev–Trinajstić information content (AvgIpc) is 3.39. The first-order valence-electron chi connectivity index (χ1n) is 11.2. The van der Waals surface area contributed by atoms with Crippen LogP contribution in [0.25, 0.3) is 17.3 Å². The zero-order valence-electron chi connectivity index (χ0n) is 20.5. The van der Waals surface area contributed by atoms with E-state index in [9.17, 15) is 4.79 Å². The summed E-state index contributed by atoms with van der Waals surface area (Å²) in [6.45, 7) is 0.379. The molecule has 190 valence electrons. The lowest BCUT2D eigenvalue weighted by molar-refractivity contribution is -0.111. The van der Waals surface area contributed by atoms with E-state index in [1.54, 1.807) is 33.5 Å². The molecule has 1 amide bonds. The standard InChI is InChI=1S/C28H25ClN2O5S/c1-33-23-12-8-20(15-26(23)35-3)22-17-37-28(30-22)31-27(32)13-7-18-6-11-24(25(14-18)34-2)36-16-19-4-9-21(29)10-5-19/h4-15,17H,16H2,1-3H3,(H,30,31,32)/b13-7+. The summed E-state index contributed by atoms with van der Waals surface area (Å²) in [4.78, 5) is 17.0. The Morgan fingerprint density at radius 1 is 0.919 bits per heavy atom. The van der Waals surface area contributed by atoms with Crippen LogP contribution in [-0.2, 0) is 11.4 Å². The lowest BCUT2D eigenvalue weighted by Crippen LogP contribution is -2.07. The van der Waals surface area contributed by atoms with Crippen LogP contribution in [0.2, 0.25) is 5.02 Å². The van der Waals surface area contributed by atoms with Gasteiger partial charge in [-0.25, -0.2) is 4.98 Å². The zero-order valence-corrected chi connectivity index (χ0v) is 22.1. The lowest BCUT2D eigenvalue weighted by atomic mass is 10.1. The van der Waals surface area contributed by atoms with Gasteiger partial charge < -0.3 is 18.9 Å². The number of hydrogen-bond donors (Lipinski definition) is 1. The number of halogens is 1. The second-order valence-corrected chi connectivity index (χ2v) is 9.05. The molecule has 0 fully saturated rings. The third-order valence-electron chi connectivity index (χ3n) is 5.34. The van der Waals surface area contributed by atoms with Crippen molar-refractivity contribution in [3.05, 3.63) is 88.3 Å². The largest absolute Gasteiger partial charge is 0.493 e. The molecule has 3 aromatic carbocycles. The number of ether oxygens (including phenoxy) is 4. The molecule has 1 aromatic heterocycles. The molecule has 0 aliphatic heterocycles. The maximum Gasteiger partial charge on any atom is 0.250 e. The molecule has 0 aliphatic carbocycles. The fourth-order valence-electron chi connectivity index (χ4n) is 3.43. The summed E-state index contributed by atoms with van der Waals surface area (Å²) in [5.74, 6) is 2.12. The minimum absolute atomic E-state index is 0.296. The van der Waals surface area contributed by atoms with E-state index in [0.717, 1.165) is 22.4 Å². The third-order valence-corrected chi connectivity index (χ3v) is 6.35. The number of carbonyl (C=O) groups excluding carboxylic acids is 1. The van der Waals surface area contributed by atoms with Gasteiger partial charge in [-0.05, 0) is 59.7 Å². The van der Waals surface area contributed by atoms with Crippen LogP contribution in [0.3, 0.4) is 0 Å². The van der Waals surface area contributed by atoms with Crippen LogP contribution in [0.5, 0.6) is 23.0 Å². The van der Waals surface area contributed by atoms with Gasteiger partial charge in [-0.1, -0.05) is 29.8 Å². The minimum atomic E-state index is -0.296. The Balaban J connectivity index is 1.37. The van der Waals surface area contributed by atoms with Crippen LogP contribution in [0.1, 0.15) is 11.1 Å². The molecule has 0 atom stereocenters. The summed E-state index contributed by atoms with van der Waals surface area (Å²) in [5, 5.41) is 5.83. The molecule has 9 heteroatoms. The number of rotatable bonds is 10. The normalized spacial score (nSPS) is 10.8. The van der Waals surface area contributed by atoms with Crippen molar-refractivity contribution in [2.75, 3.05) is 26.6 Å². The highest BCUT2D eigenvalue weighted by atomic mass is 35.5. The molecule has 0 aliphatic rings. The van der Waals surface area contributed by atoms with E-state index in [4.69, 9.17) is 30.5 Å². The van der Waals surface area contributed by atoms with Crippen molar-refractivity contribution >= 4 is 40.1 Å². The third kappa shape index (κ3) is 6.81. The molecule has 0 bridgehead atoms. The van der Waals surface area contributed by atoms with Gasteiger partial charge in [0, 0.05) is 22.0 Å². The molecule has 0 saturated heterocycles. The fraction of sp³-hybridized carbons (Fsp3) is 0.143. The number of benzene rings is 3. The Morgan fingerprint density at radius 2 is 1.62 bits per heavy atom. The number of nitrogens with one attached hydrogen (secondary N) is 1. The Kier molecular flexibility index (Phi) is 8.66. The molecule has 1 N–H and O–H groups in total.